The topological polar surface area (TPSA) is 115 Å². The quantitative estimate of drug-likeness (QED) is 0.458. The molecule has 0 atom stereocenters. The van der Waals surface area contributed by atoms with Crippen molar-refractivity contribution in [2.75, 3.05) is 26.7 Å². The van der Waals surface area contributed by atoms with Crippen LogP contribution in [0.15, 0.2) is 0 Å². The summed E-state index contributed by atoms with van der Waals surface area (Å²) >= 11 is 0. The van der Waals surface area contributed by atoms with Gasteiger partial charge < -0.3 is 24.6 Å². The van der Waals surface area contributed by atoms with Crippen molar-refractivity contribution in [3.63, 3.8) is 0 Å². The number of aliphatic carboxylic acids is 3. The fraction of sp³-hybridized carbons (Fsp3) is 0.571. The van der Waals surface area contributed by atoms with E-state index in [4.69, 9.17) is 10.2 Å². The summed E-state index contributed by atoms with van der Waals surface area (Å²) in [5, 5.41) is 27.2. The van der Waals surface area contributed by atoms with Crippen molar-refractivity contribution in [2.45, 2.75) is 0 Å². The highest BCUT2D eigenvalue weighted by atomic mass is 16.4. The minimum Gasteiger partial charge on any atom is -0.544 e. The summed E-state index contributed by atoms with van der Waals surface area (Å²) < 4.78 is -0.618. The number of quaternary nitrogens is 1. The van der Waals surface area contributed by atoms with Gasteiger partial charge in [-0.2, -0.15) is 0 Å². The normalized spacial score (nSPS) is 10.9. The molecule has 0 amide bonds. The Labute approximate surface area is 79.8 Å². The van der Waals surface area contributed by atoms with Crippen molar-refractivity contribution in [3.05, 3.63) is 0 Å². The van der Waals surface area contributed by atoms with Crippen LogP contribution in [0.1, 0.15) is 0 Å². The zero-order valence-electron chi connectivity index (χ0n) is 7.60. The van der Waals surface area contributed by atoms with Crippen molar-refractivity contribution in [3.8, 4) is 0 Å². The lowest BCUT2D eigenvalue weighted by Gasteiger charge is -2.31. The Bertz CT molecular complexity index is 220. The maximum atomic E-state index is 10.4. The molecule has 0 heterocycles. The van der Waals surface area contributed by atoms with Crippen LogP contribution < -0.4 is 5.11 Å². The SMILES string of the molecule is C[N+](CC(=O)[O-])(CC(=O)O)CC(=O)O. The number of likely N-dealkylation sites (N-methyl/N-ethyl adjacent to an activating group) is 1. The molecule has 0 bridgehead atoms. The third kappa shape index (κ3) is 5.09. The van der Waals surface area contributed by atoms with Crippen LogP contribution in [-0.4, -0.2) is 59.3 Å². The summed E-state index contributed by atoms with van der Waals surface area (Å²) in [5.74, 6) is -3.99. The van der Waals surface area contributed by atoms with Gasteiger partial charge in [0.15, 0.2) is 13.1 Å². The van der Waals surface area contributed by atoms with Crippen molar-refractivity contribution in [1.29, 1.82) is 0 Å². The zero-order valence-corrected chi connectivity index (χ0v) is 7.60. The smallest absolute Gasteiger partial charge is 0.359 e. The van der Waals surface area contributed by atoms with Gasteiger partial charge in [-0.15, -0.1) is 0 Å². The number of carboxylic acids is 3. The maximum absolute atomic E-state index is 10.4. The molecule has 7 heteroatoms. The Morgan fingerprint density at radius 1 is 1.07 bits per heavy atom. The highest BCUT2D eigenvalue weighted by molar-refractivity contribution is 5.72. The first-order valence-corrected chi connectivity index (χ1v) is 3.72. The van der Waals surface area contributed by atoms with E-state index in [0.29, 0.717) is 0 Å². The number of nitrogens with zero attached hydrogens (tertiary/aromatic N) is 1. The van der Waals surface area contributed by atoms with Crippen LogP contribution in [0.5, 0.6) is 0 Å². The van der Waals surface area contributed by atoms with Crippen LogP contribution >= 0.6 is 0 Å². The monoisotopic (exact) mass is 205 g/mol. The summed E-state index contributed by atoms with van der Waals surface area (Å²) in [4.78, 5) is 31.0. The lowest BCUT2D eigenvalue weighted by atomic mass is 10.3. The van der Waals surface area contributed by atoms with Gasteiger partial charge in [0.05, 0.1) is 13.0 Å². The Morgan fingerprint density at radius 3 is 1.64 bits per heavy atom. The molecule has 0 aliphatic carbocycles. The van der Waals surface area contributed by atoms with E-state index in [2.05, 4.69) is 0 Å². The second-order valence-electron chi connectivity index (χ2n) is 3.25. The maximum Gasteiger partial charge on any atom is 0.359 e. The van der Waals surface area contributed by atoms with Gasteiger partial charge in [-0.25, -0.2) is 9.59 Å². The molecule has 0 aromatic carbocycles. The van der Waals surface area contributed by atoms with E-state index < -0.39 is 42.0 Å². The van der Waals surface area contributed by atoms with Crippen LogP contribution in [0.3, 0.4) is 0 Å². The molecule has 0 saturated carbocycles. The molecule has 0 aliphatic heterocycles. The first kappa shape index (κ1) is 12.4. The Morgan fingerprint density at radius 2 is 1.43 bits per heavy atom. The lowest BCUT2D eigenvalue weighted by Crippen LogP contribution is -2.55. The van der Waals surface area contributed by atoms with E-state index in [0.717, 1.165) is 0 Å². The molecule has 0 fully saturated rings. The van der Waals surface area contributed by atoms with Crippen LogP contribution in [0.2, 0.25) is 0 Å². The van der Waals surface area contributed by atoms with Crippen LogP contribution in [-0.2, 0) is 14.4 Å². The Balaban J connectivity index is 4.56. The first-order valence-electron chi connectivity index (χ1n) is 3.72. The number of hydrogen-bond donors (Lipinski definition) is 2. The van der Waals surface area contributed by atoms with Gasteiger partial charge in [-0.3, -0.25) is 0 Å². The van der Waals surface area contributed by atoms with Crippen LogP contribution in [0, 0.1) is 0 Å². The van der Waals surface area contributed by atoms with E-state index in [1.807, 2.05) is 0 Å². The van der Waals surface area contributed by atoms with Gasteiger partial charge >= 0.3 is 11.9 Å². The number of carbonyl (C=O) groups is 3. The van der Waals surface area contributed by atoms with E-state index in [1.54, 1.807) is 0 Å². The molecule has 0 rings (SSSR count). The molecule has 0 aromatic heterocycles. The second kappa shape index (κ2) is 4.56. The highest BCUT2D eigenvalue weighted by Gasteiger charge is 2.28. The number of hydrogen-bond acceptors (Lipinski definition) is 4. The lowest BCUT2D eigenvalue weighted by molar-refractivity contribution is -0.889. The van der Waals surface area contributed by atoms with Gasteiger partial charge in [0, 0.05) is 0 Å². The van der Waals surface area contributed by atoms with E-state index in [9.17, 15) is 19.5 Å². The Hall–Kier alpha value is -1.63. The van der Waals surface area contributed by atoms with Crippen LogP contribution in [0.4, 0.5) is 0 Å². The van der Waals surface area contributed by atoms with E-state index in [-0.39, 0.29) is 0 Å². The van der Waals surface area contributed by atoms with Crippen molar-refractivity contribution in [2.24, 2.45) is 0 Å². The van der Waals surface area contributed by atoms with Gasteiger partial charge in [0.2, 0.25) is 0 Å². The predicted molar refractivity (Wildman–Crippen MR) is 41.1 cm³/mol. The van der Waals surface area contributed by atoms with Crippen molar-refractivity contribution < 1.29 is 34.2 Å². The molecule has 7 nitrogen and oxygen atoms in total. The summed E-state index contributed by atoms with van der Waals surface area (Å²) in [5.41, 5.74) is 0. The standard InChI is InChI=1S/C7H11NO6/c1-8(2-5(9)10,3-6(11)12)4-7(13)14/h2-4H2,1H3,(H2-,9,10,11,12,13,14). The summed E-state index contributed by atoms with van der Waals surface area (Å²) in [6, 6.07) is 0. The van der Waals surface area contributed by atoms with E-state index >= 15 is 0 Å². The number of carbonyl (C=O) groups excluding carboxylic acids is 1. The third-order valence-corrected chi connectivity index (χ3v) is 1.54. The number of carboxylic acid groups (broad SMARTS) is 3. The molecular weight excluding hydrogens is 194 g/mol. The molecule has 0 aromatic rings. The molecule has 80 valence electrons. The van der Waals surface area contributed by atoms with Crippen LogP contribution in [0.25, 0.3) is 0 Å². The van der Waals surface area contributed by atoms with Crippen molar-refractivity contribution in [1.82, 2.24) is 0 Å². The van der Waals surface area contributed by atoms with Gasteiger partial charge in [0.25, 0.3) is 0 Å². The average molecular weight is 205 g/mol. The molecule has 2 N–H and O–H groups in total. The van der Waals surface area contributed by atoms with Gasteiger partial charge in [0.1, 0.15) is 6.54 Å². The molecule has 0 radical (unpaired) electrons. The van der Waals surface area contributed by atoms with Crippen molar-refractivity contribution >= 4 is 17.9 Å². The molecular formula is C7H11NO6. The zero-order chi connectivity index (χ0) is 11.4. The number of rotatable bonds is 6. The fourth-order valence-corrected chi connectivity index (χ4v) is 1.13. The summed E-state index contributed by atoms with van der Waals surface area (Å²) in [7, 11) is 1.23. The molecule has 14 heavy (non-hydrogen) atoms. The average Bonchev–Trinajstić information content (AvgIpc) is 1.76. The van der Waals surface area contributed by atoms with E-state index in [1.165, 1.54) is 7.05 Å². The predicted octanol–water partition coefficient (Wildman–Crippen LogP) is -2.65. The molecule has 0 spiro atoms. The third-order valence-electron chi connectivity index (χ3n) is 1.54. The fourth-order valence-electron chi connectivity index (χ4n) is 1.13. The molecule has 0 unspecified atom stereocenters. The largest absolute Gasteiger partial charge is 0.544 e. The minimum atomic E-state index is -1.48. The molecule has 0 aliphatic rings. The second-order valence-corrected chi connectivity index (χ2v) is 3.25. The van der Waals surface area contributed by atoms with Gasteiger partial charge in [-0.05, 0) is 0 Å². The minimum absolute atomic E-state index is 0.569. The van der Waals surface area contributed by atoms with Gasteiger partial charge in [-0.1, -0.05) is 0 Å². The summed E-state index contributed by atoms with van der Waals surface area (Å²) in [6.07, 6.45) is 0. The molecule has 0 saturated heterocycles. The first-order chi connectivity index (χ1) is 6.25. The summed E-state index contributed by atoms with van der Waals surface area (Å²) in [6.45, 7) is -1.78. The Kier molecular flexibility index (Phi) is 4.03. The highest BCUT2D eigenvalue weighted by Crippen LogP contribution is 2.00.